The molecule has 0 amide bonds. The summed E-state index contributed by atoms with van der Waals surface area (Å²) < 4.78 is 0. The Kier molecular flexibility index (Phi) is 52.0. The van der Waals surface area contributed by atoms with Gasteiger partial charge in [-0.2, -0.15) is 0 Å². The lowest BCUT2D eigenvalue weighted by atomic mass is 10.0. The third-order valence-electron chi connectivity index (χ3n) is 2.77. The Morgan fingerprint density at radius 3 is 1.05 bits per heavy atom. The maximum Gasteiger partial charge on any atom is -0.0443 e. The topological polar surface area (TPSA) is 0 Å². The molecule has 0 aromatic carbocycles. The zero-order valence-corrected chi connectivity index (χ0v) is 15.9. The van der Waals surface area contributed by atoms with Gasteiger partial charge in [-0.05, 0) is 5.92 Å². The molecule has 0 atom stereocenters. The predicted octanol–water partition coefficient (Wildman–Crippen LogP) is 8.25. The Labute approximate surface area is 126 Å². The summed E-state index contributed by atoms with van der Waals surface area (Å²) in [6.07, 6.45) is 12.5. The minimum absolute atomic E-state index is 0.963. The first-order valence-corrected chi connectivity index (χ1v) is 9.22. The highest BCUT2D eigenvalue weighted by Gasteiger charge is 1.95. The Balaban J connectivity index is -0.0000000941. The third-order valence-corrected chi connectivity index (χ3v) is 2.77. The van der Waals surface area contributed by atoms with Gasteiger partial charge >= 0.3 is 0 Å². The molecule has 0 nitrogen and oxygen atoms in total. The molecule has 0 saturated heterocycles. The molecule has 0 heterocycles. The summed E-state index contributed by atoms with van der Waals surface area (Å²) in [5, 5.41) is 0. The van der Waals surface area contributed by atoms with Crippen molar-refractivity contribution < 1.29 is 0 Å². The van der Waals surface area contributed by atoms with Crippen molar-refractivity contribution in [1.29, 1.82) is 0 Å². The lowest BCUT2D eigenvalue weighted by molar-refractivity contribution is 0.480. The quantitative estimate of drug-likeness (QED) is 0.391. The fourth-order valence-electron chi connectivity index (χ4n) is 1.81. The first kappa shape index (κ1) is 27.4. The van der Waals surface area contributed by atoms with Crippen LogP contribution in [-0.4, -0.2) is 0 Å². The van der Waals surface area contributed by atoms with Crippen LogP contribution in [0.2, 0.25) is 0 Å². The van der Waals surface area contributed by atoms with E-state index in [0.29, 0.717) is 0 Å². The van der Waals surface area contributed by atoms with Crippen LogP contribution in [-0.2, 0) is 0 Å². The van der Waals surface area contributed by atoms with Crippen LogP contribution in [0.1, 0.15) is 120 Å². The standard InChI is InChI=1S/C8H18.C7H16.2C2H6/c1-4-6-8(3)7-5-2;1-3-5-7-6-4-2;2*1-2/h8H,4-7H2,1-3H3;3-7H2,1-2H3;2*1-2H3. The highest BCUT2D eigenvalue weighted by Crippen LogP contribution is 2.10. The Morgan fingerprint density at radius 1 is 0.526 bits per heavy atom. The van der Waals surface area contributed by atoms with Crippen LogP contribution in [0.4, 0.5) is 0 Å². The summed E-state index contributed by atoms with van der Waals surface area (Å²) in [5.74, 6) is 0.963. The van der Waals surface area contributed by atoms with Crippen LogP contribution in [0.25, 0.3) is 0 Å². The van der Waals surface area contributed by atoms with Crippen molar-refractivity contribution in [2.24, 2.45) is 5.92 Å². The second kappa shape index (κ2) is 36.1. The second-order valence-corrected chi connectivity index (χ2v) is 4.74. The van der Waals surface area contributed by atoms with E-state index in [1.54, 1.807) is 0 Å². The minimum atomic E-state index is 0.963. The van der Waals surface area contributed by atoms with E-state index >= 15 is 0 Å². The summed E-state index contributed by atoms with van der Waals surface area (Å²) >= 11 is 0. The van der Waals surface area contributed by atoms with Crippen LogP contribution < -0.4 is 0 Å². The average molecular weight is 275 g/mol. The maximum atomic E-state index is 2.34. The van der Waals surface area contributed by atoms with E-state index in [1.807, 2.05) is 27.7 Å². The van der Waals surface area contributed by atoms with Crippen LogP contribution in [0.15, 0.2) is 0 Å². The fraction of sp³-hybridized carbons (Fsp3) is 1.00. The second-order valence-electron chi connectivity index (χ2n) is 4.74. The van der Waals surface area contributed by atoms with Crippen molar-refractivity contribution >= 4 is 0 Å². The molecular weight excluding hydrogens is 228 g/mol. The molecule has 0 radical (unpaired) electrons. The molecule has 0 saturated carbocycles. The Hall–Kier alpha value is 0. The van der Waals surface area contributed by atoms with E-state index in [9.17, 15) is 0 Å². The fourth-order valence-corrected chi connectivity index (χ4v) is 1.81. The summed E-state index contributed by atoms with van der Waals surface area (Å²) in [5.41, 5.74) is 0. The summed E-state index contributed by atoms with van der Waals surface area (Å²) in [7, 11) is 0. The molecule has 0 rings (SSSR count). The van der Waals surface area contributed by atoms with Crippen molar-refractivity contribution in [3.8, 4) is 0 Å². The molecule has 0 aliphatic rings. The molecule has 0 aromatic heterocycles. The van der Waals surface area contributed by atoms with E-state index in [4.69, 9.17) is 0 Å². The summed E-state index contributed by atoms with van der Waals surface area (Å²) in [4.78, 5) is 0. The first-order chi connectivity index (χ1) is 9.22. The van der Waals surface area contributed by atoms with Gasteiger partial charge in [0.2, 0.25) is 0 Å². The highest BCUT2D eigenvalue weighted by molar-refractivity contribution is 4.48. The van der Waals surface area contributed by atoms with Gasteiger partial charge in [0, 0.05) is 0 Å². The minimum Gasteiger partial charge on any atom is -0.0683 e. The first-order valence-electron chi connectivity index (χ1n) is 9.22. The lowest BCUT2D eigenvalue weighted by Crippen LogP contribution is -1.91. The van der Waals surface area contributed by atoms with E-state index < -0.39 is 0 Å². The number of unbranched alkanes of at least 4 members (excludes halogenated alkanes) is 4. The SMILES string of the molecule is CC.CC.CCCC(C)CCC.CCCCCCC. The largest absolute Gasteiger partial charge is 0.0683 e. The lowest BCUT2D eigenvalue weighted by Gasteiger charge is -2.05. The molecule has 19 heavy (non-hydrogen) atoms. The van der Waals surface area contributed by atoms with E-state index in [-0.39, 0.29) is 0 Å². The molecule has 0 bridgehead atoms. The van der Waals surface area contributed by atoms with E-state index in [0.717, 1.165) is 5.92 Å². The van der Waals surface area contributed by atoms with E-state index in [2.05, 4.69) is 34.6 Å². The van der Waals surface area contributed by atoms with Crippen LogP contribution >= 0.6 is 0 Å². The van der Waals surface area contributed by atoms with Crippen LogP contribution in [0.3, 0.4) is 0 Å². The van der Waals surface area contributed by atoms with Gasteiger partial charge in [0.25, 0.3) is 0 Å². The maximum absolute atomic E-state index is 2.34. The Bertz CT molecular complexity index is 76.0. The van der Waals surface area contributed by atoms with Crippen molar-refractivity contribution in [3.05, 3.63) is 0 Å². The zero-order chi connectivity index (χ0) is 15.9. The molecule has 0 N–H and O–H groups in total. The molecule has 0 aromatic rings. The van der Waals surface area contributed by atoms with Gasteiger partial charge in [-0.25, -0.2) is 0 Å². The normalized spacial score (nSPS) is 8.53. The molecular formula is C19H46. The molecule has 0 spiro atoms. The van der Waals surface area contributed by atoms with Gasteiger partial charge in [0.1, 0.15) is 0 Å². The molecule has 0 aliphatic heterocycles. The molecule has 0 aliphatic carbocycles. The van der Waals surface area contributed by atoms with Gasteiger partial charge in [-0.1, -0.05) is 120 Å². The van der Waals surface area contributed by atoms with Crippen molar-refractivity contribution in [2.75, 3.05) is 0 Å². The monoisotopic (exact) mass is 274 g/mol. The summed E-state index contributed by atoms with van der Waals surface area (Å²) in [6, 6.07) is 0. The van der Waals surface area contributed by atoms with Gasteiger partial charge in [0.15, 0.2) is 0 Å². The highest BCUT2D eigenvalue weighted by atomic mass is 14.0. The molecule has 122 valence electrons. The van der Waals surface area contributed by atoms with Gasteiger partial charge in [0.05, 0.1) is 0 Å². The number of hydrogen-bond donors (Lipinski definition) is 0. The van der Waals surface area contributed by atoms with Gasteiger partial charge in [-0.15, -0.1) is 0 Å². The summed E-state index contributed by atoms with van der Waals surface area (Å²) in [6.45, 7) is 19.3. The van der Waals surface area contributed by atoms with Crippen molar-refractivity contribution in [1.82, 2.24) is 0 Å². The number of rotatable bonds is 8. The molecule has 0 heteroatoms. The average Bonchev–Trinajstić information content (AvgIpc) is 2.45. The third kappa shape index (κ3) is 46.1. The predicted molar refractivity (Wildman–Crippen MR) is 96.1 cm³/mol. The van der Waals surface area contributed by atoms with Gasteiger partial charge in [-0.3, -0.25) is 0 Å². The molecule has 0 fully saturated rings. The number of hydrogen-bond acceptors (Lipinski definition) is 0. The zero-order valence-electron chi connectivity index (χ0n) is 15.9. The van der Waals surface area contributed by atoms with Crippen LogP contribution in [0, 0.1) is 5.92 Å². The van der Waals surface area contributed by atoms with Crippen LogP contribution in [0.5, 0.6) is 0 Å². The van der Waals surface area contributed by atoms with Crippen molar-refractivity contribution in [2.45, 2.75) is 120 Å². The smallest absolute Gasteiger partial charge is 0.0443 e. The molecule has 0 unspecified atom stereocenters. The Morgan fingerprint density at radius 2 is 0.842 bits per heavy atom. The van der Waals surface area contributed by atoms with E-state index in [1.165, 1.54) is 57.8 Å². The van der Waals surface area contributed by atoms with Crippen molar-refractivity contribution in [3.63, 3.8) is 0 Å². The van der Waals surface area contributed by atoms with Gasteiger partial charge < -0.3 is 0 Å².